The summed E-state index contributed by atoms with van der Waals surface area (Å²) >= 11 is 1.56. The van der Waals surface area contributed by atoms with Gasteiger partial charge in [0.1, 0.15) is 18.1 Å². The van der Waals surface area contributed by atoms with Gasteiger partial charge in [0.2, 0.25) is 11.8 Å². The number of ether oxygens (including phenoxy) is 2. The van der Waals surface area contributed by atoms with Gasteiger partial charge in [0, 0.05) is 36.8 Å². The molecule has 4 heterocycles. The van der Waals surface area contributed by atoms with Crippen LogP contribution in [0, 0.1) is 0 Å². The summed E-state index contributed by atoms with van der Waals surface area (Å²) in [5.74, 6) is -0.448. The van der Waals surface area contributed by atoms with Gasteiger partial charge in [-0.25, -0.2) is 4.68 Å². The summed E-state index contributed by atoms with van der Waals surface area (Å²) in [6.07, 6.45) is 1.89. The van der Waals surface area contributed by atoms with Crippen LogP contribution in [-0.4, -0.2) is 77.3 Å². The van der Waals surface area contributed by atoms with E-state index in [-0.39, 0.29) is 24.5 Å². The van der Waals surface area contributed by atoms with Gasteiger partial charge in [-0.15, -0.1) is 16.4 Å². The molecule has 0 radical (unpaired) electrons. The van der Waals surface area contributed by atoms with Gasteiger partial charge >= 0.3 is 0 Å². The quantitative estimate of drug-likeness (QED) is 0.310. The number of aromatic nitrogens is 3. The first-order chi connectivity index (χ1) is 20.2. The number of para-hydroxylation sites is 1. The van der Waals surface area contributed by atoms with Crippen molar-refractivity contribution in [3.05, 3.63) is 76.5 Å². The maximum absolute atomic E-state index is 14.1. The van der Waals surface area contributed by atoms with E-state index in [2.05, 4.69) is 20.5 Å². The van der Waals surface area contributed by atoms with Crippen LogP contribution in [-0.2, 0) is 32.2 Å². The molecule has 0 spiro atoms. The molecule has 6 rings (SSSR count). The molecule has 11 heteroatoms. The predicted octanol–water partition coefficient (Wildman–Crippen LogP) is 3.39. The van der Waals surface area contributed by atoms with Crippen LogP contribution in [0.2, 0.25) is 0 Å². The lowest BCUT2D eigenvalue weighted by molar-refractivity contribution is -0.142. The summed E-state index contributed by atoms with van der Waals surface area (Å²) in [4.78, 5) is 33.0. The molecule has 2 aromatic carbocycles. The van der Waals surface area contributed by atoms with Crippen molar-refractivity contribution in [2.45, 2.75) is 38.1 Å². The number of rotatable bonds is 10. The molecule has 2 aliphatic rings. The van der Waals surface area contributed by atoms with E-state index >= 15 is 0 Å². The molecule has 2 amide bonds. The summed E-state index contributed by atoms with van der Waals surface area (Å²) in [5.41, 5.74) is 3.31. The van der Waals surface area contributed by atoms with Gasteiger partial charge in [0.05, 0.1) is 31.4 Å². The second kappa shape index (κ2) is 12.8. The Morgan fingerprint density at radius 1 is 1.05 bits per heavy atom. The third-order valence-electron chi connectivity index (χ3n) is 7.60. The highest BCUT2D eigenvalue weighted by atomic mass is 32.1. The summed E-state index contributed by atoms with van der Waals surface area (Å²) in [6, 6.07) is 18.6. The van der Waals surface area contributed by atoms with Crippen LogP contribution < -0.4 is 10.2 Å². The molecule has 2 aliphatic heterocycles. The molecule has 214 valence electrons. The fraction of sp³-hybridized carbons (Fsp3) is 0.400. The number of benzene rings is 2. The minimum absolute atomic E-state index is 0.00810. The predicted molar refractivity (Wildman–Crippen MR) is 157 cm³/mol. The minimum Gasteiger partial charge on any atom is -0.378 e. The number of nitrogens with zero attached hydrogens (tertiary/aromatic N) is 5. The Morgan fingerprint density at radius 3 is 2.63 bits per heavy atom. The third-order valence-corrected chi connectivity index (χ3v) is 8.47. The number of amides is 2. The molecule has 2 fully saturated rings. The van der Waals surface area contributed by atoms with Crippen molar-refractivity contribution in [1.29, 1.82) is 0 Å². The van der Waals surface area contributed by atoms with E-state index in [4.69, 9.17) is 9.47 Å². The normalized spacial score (nSPS) is 18.0. The van der Waals surface area contributed by atoms with Gasteiger partial charge in [-0.2, -0.15) is 0 Å². The number of carbonyl (C=O) groups is 2. The average Bonchev–Trinajstić information content (AvgIpc) is 3.80. The number of morpholine rings is 1. The largest absolute Gasteiger partial charge is 0.378 e. The van der Waals surface area contributed by atoms with E-state index in [1.54, 1.807) is 20.9 Å². The lowest BCUT2D eigenvalue weighted by atomic mass is 10.0. The van der Waals surface area contributed by atoms with Crippen LogP contribution in [0.1, 0.15) is 29.3 Å². The first-order valence-corrected chi connectivity index (χ1v) is 15.0. The summed E-state index contributed by atoms with van der Waals surface area (Å²) < 4.78 is 12.8. The molecular formula is C30H34N6O4S. The second-order valence-corrected chi connectivity index (χ2v) is 11.3. The van der Waals surface area contributed by atoms with Crippen molar-refractivity contribution in [1.82, 2.24) is 25.2 Å². The van der Waals surface area contributed by atoms with Crippen molar-refractivity contribution < 1.29 is 19.1 Å². The second-order valence-electron chi connectivity index (χ2n) is 10.3. The fourth-order valence-corrected chi connectivity index (χ4v) is 6.13. The third kappa shape index (κ3) is 6.42. The van der Waals surface area contributed by atoms with Crippen molar-refractivity contribution in [3.8, 4) is 0 Å². The Kier molecular flexibility index (Phi) is 8.54. The topological polar surface area (TPSA) is 102 Å². The Balaban J connectivity index is 1.32. The molecule has 10 nitrogen and oxygen atoms in total. The average molecular weight is 575 g/mol. The molecule has 1 N–H and O–H groups in total. The van der Waals surface area contributed by atoms with Crippen LogP contribution in [0.25, 0.3) is 11.0 Å². The first kappa shape index (κ1) is 27.4. The lowest BCUT2D eigenvalue weighted by Crippen LogP contribution is -2.46. The summed E-state index contributed by atoms with van der Waals surface area (Å²) in [5, 5.41) is 13.5. The molecule has 0 aliphatic carbocycles. The number of nitrogens with one attached hydrogen (secondary N) is 1. The zero-order valence-corrected chi connectivity index (χ0v) is 23.7. The van der Waals surface area contributed by atoms with E-state index in [1.165, 1.54) is 0 Å². The SMILES string of the molecule is O=C(NC[C@@H]1CCCO1)[C@@H](c1ccc(N2CCOCC2)cc1)N(Cc1cccs1)C(=O)Cn1nnc2ccccc21. The zero-order valence-electron chi connectivity index (χ0n) is 22.9. The number of anilines is 1. The zero-order chi connectivity index (χ0) is 28.0. The Hall–Kier alpha value is -3.80. The van der Waals surface area contributed by atoms with Gasteiger partial charge in [-0.1, -0.05) is 35.5 Å². The highest BCUT2D eigenvalue weighted by Crippen LogP contribution is 2.28. The fourth-order valence-electron chi connectivity index (χ4n) is 5.43. The number of thiophene rings is 1. The first-order valence-electron chi connectivity index (χ1n) is 14.1. The molecular weight excluding hydrogens is 540 g/mol. The highest BCUT2D eigenvalue weighted by Gasteiger charge is 2.33. The van der Waals surface area contributed by atoms with E-state index in [0.29, 0.717) is 32.9 Å². The van der Waals surface area contributed by atoms with Gasteiger partial charge < -0.3 is 24.6 Å². The number of carbonyl (C=O) groups excluding carboxylic acids is 2. The summed E-state index contributed by atoms with van der Waals surface area (Å²) in [7, 11) is 0. The molecule has 2 saturated heterocycles. The molecule has 0 saturated carbocycles. The van der Waals surface area contributed by atoms with Crippen molar-refractivity contribution in [2.75, 3.05) is 44.4 Å². The minimum atomic E-state index is -0.834. The Morgan fingerprint density at radius 2 is 1.88 bits per heavy atom. The van der Waals surface area contributed by atoms with Crippen LogP contribution in [0.5, 0.6) is 0 Å². The molecule has 41 heavy (non-hydrogen) atoms. The van der Waals surface area contributed by atoms with Crippen molar-refractivity contribution >= 4 is 39.9 Å². The van der Waals surface area contributed by atoms with Gasteiger partial charge in [0.15, 0.2) is 0 Å². The van der Waals surface area contributed by atoms with Crippen LogP contribution in [0.4, 0.5) is 5.69 Å². The molecule has 4 aromatic rings. The Bertz CT molecular complexity index is 1450. The van der Waals surface area contributed by atoms with E-state index in [0.717, 1.165) is 53.1 Å². The monoisotopic (exact) mass is 574 g/mol. The van der Waals surface area contributed by atoms with Crippen molar-refractivity contribution in [2.24, 2.45) is 0 Å². The maximum Gasteiger partial charge on any atom is 0.247 e. The Labute approximate surface area is 242 Å². The van der Waals surface area contributed by atoms with Crippen molar-refractivity contribution in [3.63, 3.8) is 0 Å². The van der Waals surface area contributed by atoms with Gasteiger partial charge in [-0.3, -0.25) is 9.59 Å². The van der Waals surface area contributed by atoms with Crippen LogP contribution >= 0.6 is 11.3 Å². The molecule has 0 bridgehead atoms. The molecule has 2 aromatic heterocycles. The van der Waals surface area contributed by atoms with E-state index < -0.39 is 6.04 Å². The van der Waals surface area contributed by atoms with Crippen LogP contribution in [0.3, 0.4) is 0 Å². The van der Waals surface area contributed by atoms with Gasteiger partial charge in [0.25, 0.3) is 0 Å². The number of fused-ring (bicyclic) bond motifs is 1. The summed E-state index contributed by atoms with van der Waals surface area (Å²) in [6.45, 7) is 4.41. The molecule has 0 unspecified atom stereocenters. The maximum atomic E-state index is 14.1. The van der Waals surface area contributed by atoms with E-state index in [1.807, 2.05) is 66.0 Å². The van der Waals surface area contributed by atoms with Crippen LogP contribution in [0.15, 0.2) is 66.0 Å². The standard InChI is InChI=1S/C30H34N6O4S/c37-28(21-36-27-8-2-1-7-26(27)32-33-36)35(20-25-6-4-18-41-25)29(30(38)31-19-24-5-3-15-40-24)22-9-11-23(12-10-22)34-13-16-39-17-14-34/h1-2,4,6-12,18,24,29H,3,5,13-17,19-21H2,(H,31,38)/t24-,29+/m0/s1. The highest BCUT2D eigenvalue weighted by molar-refractivity contribution is 7.09. The van der Waals surface area contributed by atoms with Gasteiger partial charge in [-0.05, 0) is 54.1 Å². The smallest absolute Gasteiger partial charge is 0.247 e. The lowest BCUT2D eigenvalue weighted by Gasteiger charge is -2.32. The molecule has 2 atom stereocenters. The number of hydrogen-bond donors (Lipinski definition) is 1. The number of hydrogen-bond acceptors (Lipinski definition) is 8. The van der Waals surface area contributed by atoms with E-state index in [9.17, 15) is 9.59 Å².